The second-order valence-corrected chi connectivity index (χ2v) is 4.87. The van der Waals surface area contributed by atoms with Gasteiger partial charge in [-0.3, -0.25) is 4.79 Å². The fraction of sp³-hybridized carbons (Fsp3) is 0.400. The third-order valence-corrected chi connectivity index (χ3v) is 3.00. The molecule has 96 valence electrons. The van der Waals surface area contributed by atoms with Crippen molar-refractivity contribution in [2.24, 2.45) is 5.92 Å². The fourth-order valence-electron chi connectivity index (χ4n) is 1.88. The standard InChI is InChI=1S/C15H18O3/c1-11(2)5-6-17-8-13-9-18-10-15-12(7-16)3-4-14(13)15/h3-4,7,9-11H,5-6,8H2,1-2H3. The van der Waals surface area contributed by atoms with Crippen LogP contribution in [0, 0.1) is 5.92 Å². The highest BCUT2D eigenvalue weighted by Crippen LogP contribution is 2.30. The molecule has 0 aromatic heterocycles. The first-order valence-electron chi connectivity index (χ1n) is 6.23. The second kappa shape index (κ2) is 5.83. The Balaban J connectivity index is 2.03. The van der Waals surface area contributed by atoms with Gasteiger partial charge >= 0.3 is 0 Å². The quantitative estimate of drug-likeness (QED) is 0.575. The van der Waals surface area contributed by atoms with E-state index in [0.717, 1.165) is 36.0 Å². The van der Waals surface area contributed by atoms with E-state index >= 15 is 0 Å². The van der Waals surface area contributed by atoms with Crippen LogP contribution in [0.15, 0.2) is 29.1 Å². The summed E-state index contributed by atoms with van der Waals surface area (Å²) in [6.45, 7) is 5.62. The Kier molecular flexibility index (Phi) is 4.15. The summed E-state index contributed by atoms with van der Waals surface area (Å²) < 4.78 is 10.9. The van der Waals surface area contributed by atoms with E-state index in [-0.39, 0.29) is 0 Å². The topological polar surface area (TPSA) is 39.4 Å². The maximum absolute atomic E-state index is 10.9. The van der Waals surface area contributed by atoms with Crippen LogP contribution in [0.4, 0.5) is 0 Å². The van der Waals surface area contributed by atoms with Crippen molar-refractivity contribution in [2.45, 2.75) is 26.9 Å². The van der Waals surface area contributed by atoms with Crippen LogP contribution in [0.3, 0.4) is 0 Å². The highest BCUT2D eigenvalue weighted by molar-refractivity contribution is 5.90. The molecule has 0 unspecified atom stereocenters. The maximum atomic E-state index is 10.9. The van der Waals surface area contributed by atoms with E-state index in [9.17, 15) is 4.79 Å². The first-order chi connectivity index (χ1) is 8.72. The zero-order chi connectivity index (χ0) is 13.0. The largest absolute Gasteiger partial charge is 0.472 e. The van der Waals surface area contributed by atoms with Crippen LogP contribution in [0.2, 0.25) is 0 Å². The Morgan fingerprint density at radius 3 is 2.83 bits per heavy atom. The molecule has 1 aliphatic heterocycles. The summed E-state index contributed by atoms with van der Waals surface area (Å²) in [7, 11) is 0. The van der Waals surface area contributed by atoms with Crippen molar-refractivity contribution >= 4 is 6.29 Å². The third-order valence-electron chi connectivity index (χ3n) is 3.00. The van der Waals surface area contributed by atoms with Gasteiger partial charge in [-0.15, -0.1) is 0 Å². The van der Waals surface area contributed by atoms with E-state index in [1.807, 2.05) is 12.1 Å². The molecule has 3 nitrogen and oxygen atoms in total. The first kappa shape index (κ1) is 12.8. The minimum Gasteiger partial charge on any atom is -0.472 e. The Labute approximate surface area is 107 Å². The Morgan fingerprint density at radius 2 is 2.11 bits per heavy atom. The molecule has 3 heteroatoms. The van der Waals surface area contributed by atoms with Crippen molar-refractivity contribution < 1.29 is 13.9 Å². The molecule has 0 aromatic carbocycles. The SMILES string of the molecule is CC(C)CCOCc1cocc2c(C=O)ccc1-2. The Hall–Kier alpha value is -1.61. The van der Waals surface area contributed by atoms with E-state index < -0.39 is 0 Å². The Bertz CT molecular complexity index is 485. The van der Waals surface area contributed by atoms with Gasteiger partial charge in [0.05, 0.1) is 19.1 Å². The summed E-state index contributed by atoms with van der Waals surface area (Å²) in [6.07, 6.45) is 5.19. The molecule has 0 spiro atoms. The zero-order valence-electron chi connectivity index (χ0n) is 10.8. The zero-order valence-corrected chi connectivity index (χ0v) is 10.8. The van der Waals surface area contributed by atoms with Gasteiger partial charge in [-0.05, 0) is 17.9 Å². The van der Waals surface area contributed by atoms with Gasteiger partial charge < -0.3 is 9.15 Å². The average Bonchev–Trinajstić information content (AvgIpc) is 2.78. The van der Waals surface area contributed by atoms with E-state index in [2.05, 4.69) is 13.8 Å². The molecular weight excluding hydrogens is 228 g/mol. The van der Waals surface area contributed by atoms with Crippen molar-refractivity contribution in [1.82, 2.24) is 0 Å². The maximum Gasteiger partial charge on any atom is 0.150 e. The monoisotopic (exact) mass is 246 g/mol. The number of ether oxygens (including phenoxy) is 1. The summed E-state index contributed by atoms with van der Waals surface area (Å²) in [6, 6.07) is 3.75. The molecule has 0 bridgehead atoms. The molecule has 2 rings (SSSR count). The predicted molar refractivity (Wildman–Crippen MR) is 69.8 cm³/mol. The van der Waals surface area contributed by atoms with E-state index in [4.69, 9.17) is 9.15 Å². The molecule has 18 heavy (non-hydrogen) atoms. The number of aldehydes is 1. The number of rotatable bonds is 6. The highest BCUT2D eigenvalue weighted by atomic mass is 16.5. The lowest BCUT2D eigenvalue weighted by Crippen LogP contribution is -2.00. The lowest BCUT2D eigenvalue weighted by molar-refractivity contribution is 0.109. The van der Waals surface area contributed by atoms with Gasteiger partial charge in [-0.25, -0.2) is 0 Å². The van der Waals surface area contributed by atoms with Gasteiger partial charge in [0.25, 0.3) is 0 Å². The van der Waals surface area contributed by atoms with Crippen molar-refractivity contribution in [2.75, 3.05) is 6.61 Å². The molecule has 0 N–H and O–H groups in total. The van der Waals surface area contributed by atoms with Crippen LogP contribution in [0.1, 0.15) is 36.2 Å². The predicted octanol–water partition coefficient (Wildman–Crippen LogP) is 3.76. The smallest absolute Gasteiger partial charge is 0.150 e. The lowest BCUT2D eigenvalue weighted by Gasteiger charge is -2.09. The van der Waals surface area contributed by atoms with Crippen LogP contribution in [-0.4, -0.2) is 12.9 Å². The Morgan fingerprint density at radius 1 is 1.28 bits per heavy atom. The van der Waals surface area contributed by atoms with Gasteiger partial charge in [0.1, 0.15) is 0 Å². The molecule has 0 saturated carbocycles. The number of hydrogen-bond acceptors (Lipinski definition) is 3. The molecule has 1 aliphatic carbocycles. The summed E-state index contributed by atoms with van der Waals surface area (Å²) in [4.78, 5) is 10.9. The van der Waals surface area contributed by atoms with Crippen LogP contribution >= 0.6 is 0 Å². The summed E-state index contributed by atoms with van der Waals surface area (Å²) in [5.41, 5.74) is 3.55. The molecular formula is C15H18O3. The molecule has 0 saturated heterocycles. The number of hydrogen-bond donors (Lipinski definition) is 0. The minimum absolute atomic E-state index is 0.524. The number of carbonyl (C=O) groups excluding carboxylic acids is 1. The van der Waals surface area contributed by atoms with E-state index in [0.29, 0.717) is 18.1 Å². The van der Waals surface area contributed by atoms with E-state index in [1.54, 1.807) is 12.5 Å². The number of fused-ring (bicyclic) bond motifs is 1. The lowest BCUT2D eigenvalue weighted by atomic mass is 10.1. The third kappa shape index (κ3) is 2.79. The normalized spacial score (nSPS) is 11.3. The van der Waals surface area contributed by atoms with Crippen molar-refractivity contribution in [1.29, 1.82) is 0 Å². The van der Waals surface area contributed by atoms with Crippen LogP contribution in [-0.2, 0) is 11.3 Å². The van der Waals surface area contributed by atoms with Crippen LogP contribution in [0.5, 0.6) is 0 Å². The molecule has 1 heterocycles. The summed E-state index contributed by atoms with van der Waals surface area (Å²) >= 11 is 0. The average molecular weight is 246 g/mol. The number of carbonyl (C=O) groups is 1. The molecule has 0 atom stereocenters. The highest BCUT2D eigenvalue weighted by Gasteiger charge is 2.14. The van der Waals surface area contributed by atoms with E-state index in [1.165, 1.54) is 0 Å². The summed E-state index contributed by atoms with van der Waals surface area (Å²) in [5.74, 6) is 0.645. The van der Waals surface area contributed by atoms with Gasteiger partial charge in [-0.2, -0.15) is 0 Å². The van der Waals surface area contributed by atoms with Gasteiger partial charge in [0.15, 0.2) is 6.29 Å². The van der Waals surface area contributed by atoms with Crippen LogP contribution < -0.4 is 0 Å². The fourth-order valence-corrected chi connectivity index (χ4v) is 1.88. The first-order valence-corrected chi connectivity index (χ1v) is 6.23. The molecule has 2 aliphatic rings. The van der Waals surface area contributed by atoms with Gasteiger partial charge in [-0.1, -0.05) is 26.0 Å². The molecule has 0 aromatic rings. The van der Waals surface area contributed by atoms with Gasteiger partial charge in [0.2, 0.25) is 0 Å². The molecule has 0 radical (unpaired) electrons. The molecule has 0 amide bonds. The van der Waals surface area contributed by atoms with Crippen LogP contribution in [0.25, 0.3) is 11.1 Å². The minimum atomic E-state index is 0.524. The second-order valence-electron chi connectivity index (χ2n) is 4.87. The molecule has 0 fully saturated rings. The van der Waals surface area contributed by atoms with Gasteiger partial charge in [0, 0.05) is 23.3 Å². The van der Waals surface area contributed by atoms with Crippen molar-refractivity contribution in [3.63, 3.8) is 0 Å². The van der Waals surface area contributed by atoms with Crippen molar-refractivity contribution in [3.05, 3.63) is 35.8 Å². The summed E-state index contributed by atoms with van der Waals surface area (Å²) in [5, 5.41) is 0. The van der Waals surface area contributed by atoms with Crippen molar-refractivity contribution in [3.8, 4) is 11.1 Å².